The summed E-state index contributed by atoms with van der Waals surface area (Å²) in [5.74, 6) is 2.17. The molecule has 1 saturated heterocycles. The van der Waals surface area contributed by atoms with Gasteiger partial charge in [0, 0.05) is 26.2 Å². The van der Waals surface area contributed by atoms with Gasteiger partial charge in [-0.1, -0.05) is 31.5 Å². The zero-order chi connectivity index (χ0) is 24.6. The summed E-state index contributed by atoms with van der Waals surface area (Å²) in [4.78, 5) is 2.29. The molecule has 0 unspecified atom stereocenters. The Morgan fingerprint density at radius 3 is 2.54 bits per heavy atom. The van der Waals surface area contributed by atoms with Crippen LogP contribution < -0.4 is 9.47 Å². The second-order valence-corrected chi connectivity index (χ2v) is 9.17. The quantitative estimate of drug-likeness (QED) is 0.389. The lowest BCUT2D eigenvalue weighted by atomic mass is 10.1. The van der Waals surface area contributed by atoms with E-state index in [0.29, 0.717) is 24.7 Å². The van der Waals surface area contributed by atoms with Gasteiger partial charge in [-0.3, -0.25) is 4.90 Å². The number of hydrogen-bond donors (Lipinski definition) is 1. The molecule has 0 spiro atoms. The van der Waals surface area contributed by atoms with E-state index in [4.69, 9.17) is 19.3 Å². The van der Waals surface area contributed by atoms with Crippen molar-refractivity contribution in [2.45, 2.75) is 58.3 Å². The molecule has 4 rings (SSSR count). The molecule has 0 radical (unpaired) electrons. The van der Waals surface area contributed by atoms with E-state index in [1.54, 1.807) is 7.11 Å². The van der Waals surface area contributed by atoms with Gasteiger partial charge in [-0.2, -0.15) is 5.10 Å². The number of nitrogens with zero attached hydrogens (tertiary/aromatic N) is 3. The highest BCUT2D eigenvalue weighted by Gasteiger charge is 2.25. The number of aromatic nitrogens is 2. The van der Waals surface area contributed by atoms with E-state index in [0.717, 1.165) is 61.5 Å². The van der Waals surface area contributed by atoms with Crippen molar-refractivity contribution >= 4 is 0 Å². The minimum atomic E-state index is -0.378. The van der Waals surface area contributed by atoms with Gasteiger partial charge in [0.25, 0.3) is 0 Å². The fourth-order valence-corrected chi connectivity index (χ4v) is 4.55. The standard InChI is InChI=1S/C28H37N3O4/c1-4-9-23(32)18-30(19-26-12-8-17-34-26)20-27-21(2)29-31(22-10-6-5-7-11-22)28(27)35-25-15-13-24(33-3)14-16-25/h5-7,10-11,13-16,23,26,32H,4,8-9,12,17-20H2,1-3H3/t23-,26+/m0/s1. The summed E-state index contributed by atoms with van der Waals surface area (Å²) in [7, 11) is 1.65. The smallest absolute Gasteiger partial charge is 0.227 e. The fraction of sp³-hybridized carbons (Fsp3) is 0.464. The van der Waals surface area contributed by atoms with Gasteiger partial charge in [-0.25, -0.2) is 4.68 Å². The predicted octanol–water partition coefficient (Wildman–Crippen LogP) is 5.12. The minimum Gasteiger partial charge on any atom is -0.497 e. The van der Waals surface area contributed by atoms with Gasteiger partial charge < -0.3 is 19.3 Å². The lowest BCUT2D eigenvalue weighted by molar-refractivity contribution is 0.0437. The third-order valence-corrected chi connectivity index (χ3v) is 6.37. The van der Waals surface area contributed by atoms with E-state index < -0.39 is 0 Å². The van der Waals surface area contributed by atoms with Crippen LogP contribution in [0, 0.1) is 6.92 Å². The minimum absolute atomic E-state index is 0.194. The molecular formula is C28H37N3O4. The van der Waals surface area contributed by atoms with E-state index in [-0.39, 0.29) is 12.2 Å². The molecule has 35 heavy (non-hydrogen) atoms. The lowest BCUT2D eigenvalue weighted by Gasteiger charge is -2.27. The van der Waals surface area contributed by atoms with Gasteiger partial charge in [0.05, 0.1) is 36.3 Å². The fourth-order valence-electron chi connectivity index (χ4n) is 4.55. The van der Waals surface area contributed by atoms with Crippen molar-refractivity contribution in [2.24, 2.45) is 0 Å². The van der Waals surface area contributed by atoms with Crippen molar-refractivity contribution in [3.8, 4) is 23.1 Å². The molecule has 1 aliphatic heterocycles. The van der Waals surface area contributed by atoms with Crippen molar-refractivity contribution in [2.75, 3.05) is 26.8 Å². The van der Waals surface area contributed by atoms with Crippen LogP contribution >= 0.6 is 0 Å². The molecule has 0 bridgehead atoms. The highest BCUT2D eigenvalue weighted by Crippen LogP contribution is 2.32. The Balaban J connectivity index is 1.67. The average molecular weight is 480 g/mol. The first kappa shape index (κ1) is 25.2. The van der Waals surface area contributed by atoms with Crippen LogP contribution in [0.15, 0.2) is 54.6 Å². The Morgan fingerprint density at radius 1 is 1.14 bits per heavy atom. The molecule has 7 heteroatoms. The van der Waals surface area contributed by atoms with Crippen LogP contribution in [0.25, 0.3) is 5.69 Å². The van der Waals surface area contributed by atoms with E-state index in [1.807, 2.05) is 66.2 Å². The number of aliphatic hydroxyl groups is 1. The summed E-state index contributed by atoms with van der Waals surface area (Å²) in [6.07, 6.45) is 3.69. The summed E-state index contributed by atoms with van der Waals surface area (Å²) in [6, 6.07) is 17.6. The number of aryl methyl sites for hydroxylation is 1. The zero-order valence-electron chi connectivity index (χ0n) is 21.0. The van der Waals surface area contributed by atoms with Crippen molar-refractivity contribution in [3.05, 3.63) is 65.9 Å². The Labute approximate surface area is 208 Å². The monoisotopic (exact) mass is 479 g/mol. The molecule has 2 heterocycles. The first-order chi connectivity index (χ1) is 17.1. The van der Waals surface area contributed by atoms with Crippen molar-refractivity contribution in [1.29, 1.82) is 0 Å². The average Bonchev–Trinajstić information content (AvgIpc) is 3.49. The largest absolute Gasteiger partial charge is 0.497 e. The van der Waals surface area contributed by atoms with Crippen molar-refractivity contribution < 1.29 is 19.3 Å². The summed E-state index contributed by atoms with van der Waals surface area (Å²) >= 11 is 0. The van der Waals surface area contributed by atoms with Crippen LogP contribution in [0.1, 0.15) is 43.9 Å². The molecular weight excluding hydrogens is 442 g/mol. The molecule has 1 N–H and O–H groups in total. The molecule has 1 fully saturated rings. The summed E-state index contributed by atoms with van der Waals surface area (Å²) in [6.45, 7) is 6.91. The topological polar surface area (TPSA) is 69.0 Å². The molecule has 0 amide bonds. The maximum Gasteiger partial charge on any atom is 0.227 e. The number of aliphatic hydroxyl groups excluding tert-OH is 1. The maximum atomic E-state index is 10.6. The van der Waals surface area contributed by atoms with Gasteiger partial charge in [-0.15, -0.1) is 0 Å². The van der Waals surface area contributed by atoms with Crippen molar-refractivity contribution in [1.82, 2.24) is 14.7 Å². The van der Waals surface area contributed by atoms with E-state index >= 15 is 0 Å². The van der Waals surface area contributed by atoms with Crippen LogP contribution in [-0.2, 0) is 11.3 Å². The molecule has 0 saturated carbocycles. The third-order valence-electron chi connectivity index (χ3n) is 6.37. The van der Waals surface area contributed by atoms with Crippen LogP contribution in [0.2, 0.25) is 0 Å². The number of benzene rings is 2. The molecule has 0 aliphatic carbocycles. The summed E-state index contributed by atoms with van der Waals surface area (Å²) < 4.78 is 19.6. The van der Waals surface area contributed by atoms with Crippen LogP contribution in [0.5, 0.6) is 17.4 Å². The Kier molecular flexibility index (Phi) is 8.79. The van der Waals surface area contributed by atoms with Gasteiger partial charge in [0.2, 0.25) is 5.88 Å². The number of rotatable bonds is 12. The molecule has 2 atom stereocenters. The van der Waals surface area contributed by atoms with Gasteiger partial charge in [-0.05, 0) is 62.6 Å². The van der Waals surface area contributed by atoms with Crippen LogP contribution in [-0.4, -0.2) is 58.8 Å². The molecule has 7 nitrogen and oxygen atoms in total. The Bertz CT molecular complexity index is 1050. The normalized spacial score (nSPS) is 16.5. The molecule has 188 valence electrons. The summed E-state index contributed by atoms with van der Waals surface area (Å²) in [5, 5.41) is 15.5. The second kappa shape index (κ2) is 12.2. The summed E-state index contributed by atoms with van der Waals surface area (Å²) in [5.41, 5.74) is 2.84. The third kappa shape index (κ3) is 6.63. The highest BCUT2D eigenvalue weighted by molar-refractivity contribution is 5.44. The number of ether oxygens (including phenoxy) is 3. The highest BCUT2D eigenvalue weighted by atomic mass is 16.5. The molecule has 2 aromatic carbocycles. The molecule has 3 aromatic rings. The number of hydrogen-bond acceptors (Lipinski definition) is 6. The van der Waals surface area contributed by atoms with Crippen LogP contribution in [0.3, 0.4) is 0 Å². The Morgan fingerprint density at radius 2 is 1.89 bits per heavy atom. The van der Waals surface area contributed by atoms with Gasteiger partial charge in [0.15, 0.2) is 0 Å². The number of methoxy groups -OCH3 is 1. The Hall–Kier alpha value is -2.87. The van der Waals surface area contributed by atoms with E-state index in [1.165, 1.54) is 0 Å². The van der Waals surface area contributed by atoms with Crippen LogP contribution in [0.4, 0.5) is 0 Å². The zero-order valence-corrected chi connectivity index (χ0v) is 21.0. The lowest BCUT2D eigenvalue weighted by Crippen LogP contribution is -2.37. The van der Waals surface area contributed by atoms with E-state index in [2.05, 4.69) is 11.8 Å². The van der Waals surface area contributed by atoms with E-state index in [9.17, 15) is 5.11 Å². The first-order valence-corrected chi connectivity index (χ1v) is 12.5. The predicted molar refractivity (Wildman–Crippen MR) is 137 cm³/mol. The first-order valence-electron chi connectivity index (χ1n) is 12.5. The van der Waals surface area contributed by atoms with Gasteiger partial charge >= 0.3 is 0 Å². The molecule has 1 aliphatic rings. The molecule has 1 aromatic heterocycles. The SMILES string of the molecule is CCC[C@H](O)CN(Cc1c(C)nn(-c2ccccc2)c1Oc1ccc(OC)cc1)C[C@H]1CCCO1. The second-order valence-electron chi connectivity index (χ2n) is 9.17. The van der Waals surface area contributed by atoms with Gasteiger partial charge in [0.1, 0.15) is 11.5 Å². The number of para-hydroxylation sites is 1. The maximum absolute atomic E-state index is 10.6. The van der Waals surface area contributed by atoms with Crippen molar-refractivity contribution in [3.63, 3.8) is 0 Å².